The van der Waals surface area contributed by atoms with Crippen LogP contribution in [-0.2, 0) is 18.4 Å². The predicted octanol–water partition coefficient (Wildman–Crippen LogP) is 3.42. The molecule has 0 unspecified atom stereocenters. The van der Waals surface area contributed by atoms with E-state index in [1.807, 2.05) is 24.7 Å². The first kappa shape index (κ1) is 23.6. The standard InChI is InChI=1S/C25H27N3O5/c1-4-26-25(30)17-33-22-12-6-18(15-23(22)31-3)5-11-21(29)19-7-9-20(10-8-19)32-16-24-27-13-14-28(24)2/h5-15H,4,16-17H2,1-3H3,(H,26,30). The molecule has 1 heterocycles. The Labute approximate surface area is 192 Å². The summed E-state index contributed by atoms with van der Waals surface area (Å²) in [6.07, 6.45) is 6.77. The molecule has 0 aliphatic heterocycles. The molecule has 0 aliphatic carbocycles. The van der Waals surface area contributed by atoms with Gasteiger partial charge in [0.25, 0.3) is 5.91 Å². The molecule has 8 heteroatoms. The first-order valence-electron chi connectivity index (χ1n) is 10.5. The Hall–Kier alpha value is -4.07. The molecule has 2 aromatic carbocycles. The lowest BCUT2D eigenvalue weighted by Gasteiger charge is -2.11. The van der Waals surface area contributed by atoms with Gasteiger partial charge >= 0.3 is 0 Å². The molecule has 172 valence electrons. The van der Waals surface area contributed by atoms with Crippen molar-refractivity contribution in [1.82, 2.24) is 14.9 Å². The van der Waals surface area contributed by atoms with Gasteiger partial charge < -0.3 is 24.1 Å². The number of rotatable bonds is 11. The summed E-state index contributed by atoms with van der Waals surface area (Å²) in [6.45, 7) is 2.63. The first-order chi connectivity index (χ1) is 16.0. The van der Waals surface area contributed by atoms with Crippen molar-refractivity contribution in [2.45, 2.75) is 13.5 Å². The van der Waals surface area contributed by atoms with Gasteiger partial charge in [0.15, 0.2) is 23.9 Å². The summed E-state index contributed by atoms with van der Waals surface area (Å²) in [7, 11) is 3.42. The highest BCUT2D eigenvalue weighted by Gasteiger charge is 2.08. The van der Waals surface area contributed by atoms with Crippen LogP contribution >= 0.6 is 0 Å². The number of nitrogens with one attached hydrogen (secondary N) is 1. The number of ketones is 1. The molecule has 1 aromatic heterocycles. The Kier molecular flexibility index (Phi) is 8.24. The second-order valence-electron chi connectivity index (χ2n) is 7.12. The number of hydrogen-bond donors (Lipinski definition) is 1. The van der Waals surface area contributed by atoms with Gasteiger partial charge in [-0.05, 0) is 55.0 Å². The average molecular weight is 450 g/mol. The fourth-order valence-corrected chi connectivity index (χ4v) is 2.97. The van der Waals surface area contributed by atoms with E-state index in [9.17, 15) is 9.59 Å². The van der Waals surface area contributed by atoms with Crippen molar-refractivity contribution in [1.29, 1.82) is 0 Å². The Morgan fingerprint density at radius 1 is 1.09 bits per heavy atom. The fourth-order valence-electron chi connectivity index (χ4n) is 2.97. The summed E-state index contributed by atoms with van der Waals surface area (Å²) in [6, 6.07) is 12.2. The molecule has 33 heavy (non-hydrogen) atoms. The number of nitrogens with zero attached hydrogens (tertiary/aromatic N) is 2. The smallest absolute Gasteiger partial charge is 0.257 e. The molecule has 8 nitrogen and oxygen atoms in total. The lowest BCUT2D eigenvalue weighted by Crippen LogP contribution is -2.28. The summed E-state index contributed by atoms with van der Waals surface area (Å²) in [5.74, 6) is 2.06. The molecule has 0 spiro atoms. The van der Waals surface area contributed by atoms with E-state index in [1.165, 1.54) is 13.2 Å². The van der Waals surface area contributed by atoms with Gasteiger partial charge in [0, 0.05) is 31.5 Å². The van der Waals surface area contributed by atoms with E-state index in [2.05, 4.69) is 10.3 Å². The zero-order chi connectivity index (χ0) is 23.6. The van der Waals surface area contributed by atoms with Crippen LogP contribution in [-0.4, -0.2) is 41.5 Å². The predicted molar refractivity (Wildman–Crippen MR) is 125 cm³/mol. The molecule has 0 bridgehead atoms. The van der Waals surface area contributed by atoms with E-state index in [1.54, 1.807) is 54.7 Å². The largest absolute Gasteiger partial charge is 0.493 e. The molecule has 0 fully saturated rings. The number of aromatic nitrogens is 2. The monoisotopic (exact) mass is 449 g/mol. The average Bonchev–Trinajstić information content (AvgIpc) is 3.25. The number of aryl methyl sites for hydroxylation is 1. The van der Waals surface area contributed by atoms with Crippen LogP contribution in [0.15, 0.2) is 60.9 Å². The number of carbonyl (C=O) groups excluding carboxylic acids is 2. The molecule has 0 saturated heterocycles. The van der Waals surface area contributed by atoms with Gasteiger partial charge in [0.2, 0.25) is 0 Å². The minimum absolute atomic E-state index is 0.0979. The zero-order valence-corrected chi connectivity index (χ0v) is 18.9. The van der Waals surface area contributed by atoms with Crippen LogP contribution in [0.2, 0.25) is 0 Å². The molecule has 3 rings (SSSR count). The van der Waals surface area contributed by atoms with E-state index in [0.29, 0.717) is 36.0 Å². The minimum atomic E-state index is -0.206. The van der Waals surface area contributed by atoms with Crippen LogP contribution in [0.4, 0.5) is 0 Å². The number of carbonyl (C=O) groups is 2. The Bertz CT molecular complexity index is 1120. The van der Waals surface area contributed by atoms with Crippen LogP contribution in [0.25, 0.3) is 6.08 Å². The number of ether oxygens (including phenoxy) is 3. The summed E-state index contributed by atoms with van der Waals surface area (Å²) in [5.41, 5.74) is 1.31. The van der Waals surface area contributed by atoms with Crippen LogP contribution in [0, 0.1) is 0 Å². The van der Waals surface area contributed by atoms with Gasteiger partial charge in [0.1, 0.15) is 18.2 Å². The number of benzene rings is 2. The van der Waals surface area contributed by atoms with Gasteiger partial charge in [-0.1, -0.05) is 12.1 Å². The third-order valence-electron chi connectivity index (χ3n) is 4.78. The van der Waals surface area contributed by atoms with Crippen LogP contribution in [0.3, 0.4) is 0 Å². The zero-order valence-electron chi connectivity index (χ0n) is 18.9. The second kappa shape index (κ2) is 11.5. The molecule has 1 amide bonds. The van der Waals surface area contributed by atoms with Crippen molar-refractivity contribution in [2.75, 3.05) is 20.3 Å². The normalized spacial score (nSPS) is 10.8. The summed E-state index contributed by atoms with van der Waals surface area (Å²) in [4.78, 5) is 28.3. The maximum Gasteiger partial charge on any atom is 0.257 e. The van der Waals surface area contributed by atoms with Crippen molar-refractivity contribution in [3.05, 3.63) is 77.9 Å². The van der Waals surface area contributed by atoms with Crippen LogP contribution in [0.5, 0.6) is 17.2 Å². The SMILES string of the molecule is CCNC(=O)COc1ccc(C=CC(=O)c2ccc(OCc3nccn3C)cc2)cc1OC. The third kappa shape index (κ3) is 6.70. The molecular weight excluding hydrogens is 422 g/mol. The van der Waals surface area contributed by atoms with E-state index in [4.69, 9.17) is 14.2 Å². The van der Waals surface area contributed by atoms with Crippen molar-refractivity contribution < 1.29 is 23.8 Å². The van der Waals surface area contributed by atoms with Gasteiger partial charge in [-0.2, -0.15) is 0 Å². The van der Waals surface area contributed by atoms with Crippen molar-refractivity contribution in [2.24, 2.45) is 7.05 Å². The van der Waals surface area contributed by atoms with Crippen LogP contribution in [0.1, 0.15) is 28.7 Å². The summed E-state index contributed by atoms with van der Waals surface area (Å²) >= 11 is 0. The van der Waals surface area contributed by atoms with Crippen molar-refractivity contribution in [3.63, 3.8) is 0 Å². The van der Waals surface area contributed by atoms with E-state index in [0.717, 1.165) is 11.4 Å². The highest BCUT2D eigenvalue weighted by Crippen LogP contribution is 2.28. The second-order valence-corrected chi connectivity index (χ2v) is 7.12. The number of imidazole rings is 1. The topological polar surface area (TPSA) is 91.7 Å². The number of hydrogen-bond acceptors (Lipinski definition) is 6. The molecular formula is C25H27N3O5. The Balaban J connectivity index is 1.58. The van der Waals surface area contributed by atoms with Crippen molar-refractivity contribution in [3.8, 4) is 17.2 Å². The fraction of sp³-hybridized carbons (Fsp3) is 0.240. The first-order valence-corrected chi connectivity index (χ1v) is 10.5. The minimum Gasteiger partial charge on any atom is -0.493 e. The lowest BCUT2D eigenvalue weighted by molar-refractivity contribution is -0.123. The van der Waals surface area contributed by atoms with Gasteiger partial charge in [-0.3, -0.25) is 9.59 Å². The quantitative estimate of drug-likeness (QED) is 0.356. The number of likely N-dealkylation sites (N-methyl/N-ethyl adjacent to an activating group) is 1. The molecule has 0 atom stereocenters. The number of amides is 1. The maximum absolute atomic E-state index is 12.5. The Morgan fingerprint density at radius 2 is 1.88 bits per heavy atom. The molecule has 3 aromatic rings. The third-order valence-corrected chi connectivity index (χ3v) is 4.78. The lowest BCUT2D eigenvalue weighted by atomic mass is 10.1. The van der Waals surface area contributed by atoms with Crippen LogP contribution < -0.4 is 19.5 Å². The number of allylic oxidation sites excluding steroid dienone is 1. The van der Waals surface area contributed by atoms with E-state index < -0.39 is 0 Å². The van der Waals surface area contributed by atoms with Gasteiger partial charge in [-0.15, -0.1) is 0 Å². The molecule has 0 saturated carbocycles. The van der Waals surface area contributed by atoms with Gasteiger partial charge in [0.05, 0.1) is 7.11 Å². The van der Waals surface area contributed by atoms with Crippen molar-refractivity contribution >= 4 is 17.8 Å². The highest BCUT2D eigenvalue weighted by molar-refractivity contribution is 6.06. The van der Waals surface area contributed by atoms with E-state index >= 15 is 0 Å². The number of methoxy groups -OCH3 is 1. The summed E-state index contributed by atoms with van der Waals surface area (Å²) in [5, 5.41) is 2.67. The maximum atomic E-state index is 12.5. The molecule has 0 radical (unpaired) electrons. The highest BCUT2D eigenvalue weighted by atomic mass is 16.5. The molecule has 0 aliphatic rings. The van der Waals surface area contributed by atoms with E-state index in [-0.39, 0.29) is 18.3 Å². The molecule has 1 N–H and O–H groups in total. The Morgan fingerprint density at radius 3 is 2.55 bits per heavy atom. The summed E-state index contributed by atoms with van der Waals surface area (Å²) < 4.78 is 18.5. The van der Waals surface area contributed by atoms with Gasteiger partial charge in [-0.25, -0.2) is 4.98 Å².